The first-order chi connectivity index (χ1) is 14.7. The van der Waals surface area contributed by atoms with Gasteiger partial charge in [-0.05, 0) is 24.5 Å². The van der Waals surface area contributed by atoms with Crippen LogP contribution < -0.4 is 5.32 Å². The number of hydrogen-bond acceptors (Lipinski definition) is 9. The minimum atomic E-state index is 0.0454. The second-order valence-corrected chi connectivity index (χ2v) is 10.00. The zero-order chi connectivity index (χ0) is 21.0. The molecule has 0 fully saturated rings. The number of aromatic nitrogens is 6. The molecule has 0 aliphatic carbocycles. The molecule has 0 aliphatic heterocycles. The van der Waals surface area contributed by atoms with Crippen molar-refractivity contribution in [2.24, 2.45) is 0 Å². The van der Waals surface area contributed by atoms with E-state index < -0.39 is 0 Å². The molecule has 3 rings (SSSR count). The molecule has 0 aliphatic rings. The van der Waals surface area contributed by atoms with Gasteiger partial charge in [0.05, 0.1) is 12.3 Å². The van der Waals surface area contributed by atoms with Crippen LogP contribution in [0.2, 0.25) is 0 Å². The summed E-state index contributed by atoms with van der Waals surface area (Å²) in [4.78, 5) is 13.3. The molecule has 2 heterocycles. The smallest absolute Gasteiger partial charge is 0.230 e. The number of aryl methyl sites for hydroxylation is 1. The molecule has 0 saturated carbocycles. The maximum absolute atomic E-state index is 11.6. The van der Waals surface area contributed by atoms with Gasteiger partial charge in [0, 0.05) is 17.9 Å². The van der Waals surface area contributed by atoms with Crippen molar-refractivity contribution >= 4 is 40.8 Å². The van der Waals surface area contributed by atoms with E-state index in [0.717, 1.165) is 58.8 Å². The molecule has 0 unspecified atom stereocenters. The Hall–Kier alpha value is -1.98. The van der Waals surface area contributed by atoms with Gasteiger partial charge in [0.1, 0.15) is 0 Å². The zero-order valence-electron chi connectivity index (χ0n) is 16.9. The normalized spacial score (nSPS) is 11.0. The molecule has 1 aromatic carbocycles. The summed E-state index contributed by atoms with van der Waals surface area (Å²) in [5.41, 5.74) is 0.983. The third kappa shape index (κ3) is 7.69. The summed E-state index contributed by atoms with van der Waals surface area (Å²) in [6, 6.07) is 9.88. The highest BCUT2D eigenvalue weighted by molar-refractivity contribution is 8.03. The molecule has 0 saturated heterocycles. The number of hydrogen-bond donors (Lipinski definition) is 1. The summed E-state index contributed by atoms with van der Waals surface area (Å²) in [5.74, 6) is 2.10. The van der Waals surface area contributed by atoms with Crippen LogP contribution in [0.3, 0.4) is 0 Å². The monoisotopic (exact) mass is 463 g/mol. The maximum atomic E-state index is 11.6. The Morgan fingerprint density at radius 3 is 2.67 bits per heavy atom. The summed E-state index contributed by atoms with van der Waals surface area (Å²) in [6.45, 7) is 3.52. The van der Waals surface area contributed by atoms with Gasteiger partial charge in [-0.15, -0.1) is 20.4 Å². The zero-order valence-corrected chi connectivity index (χ0v) is 19.3. The SMILES string of the molecule is CCCNC(=O)CSc1nnc(SCCCCCn2nnc(-c3ccccc3)n2)s1. The van der Waals surface area contributed by atoms with Gasteiger partial charge in [0.25, 0.3) is 0 Å². The van der Waals surface area contributed by atoms with Crippen molar-refractivity contribution in [2.45, 2.75) is 47.8 Å². The molecule has 2 aromatic heterocycles. The van der Waals surface area contributed by atoms with Crippen LogP contribution in [0.4, 0.5) is 0 Å². The number of amides is 1. The molecule has 3 aromatic rings. The predicted molar refractivity (Wildman–Crippen MR) is 122 cm³/mol. The highest BCUT2D eigenvalue weighted by Gasteiger charge is 2.08. The van der Waals surface area contributed by atoms with Crippen molar-refractivity contribution in [2.75, 3.05) is 18.1 Å². The van der Waals surface area contributed by atoms with Crippen LogP contribution in [-0.4, -0.2) is 54.4 Å². The molecule has 0 bridgehead atoms. The Balaban J connectivity index is 1.28. The quantitative estimate of drug-likeness (QED) is 0.302. The molecule has 0 radical (unpaired) electrons. The lowest BCUT2D eigenvalue weighted by atomic mass is 10.2. The van der Waals surface area contributed by atoms with Gasteiger partial charge in [-0.2, -0.15) is 4.80 Å². The van der Waals surface area contributed by atoms with Crippen molar-refractivity contribution in [1.29, 1.82) is 0 Å². The maximum Gasteiger partial charge on any atom is 0.230 e. The van der Waals surface area contributed by atoms with Crippen molar-refractivity contribution in [3.05, 3.63) is 30.3 Å². The van der Waals surface area contributed by atoms with Gasteiger partial charge in [0.2, 0.25) is 11.7 Å². The number of tetrazole rings is 1. The summed E-state index contributed by atoms with van der Waals surface area (Å²) in [5, 5.41) is 23.9. The fourth-order valence-electron chi connectivity index (χ4n) is 2.49. The van der Waals surface area contributed by atoms with Crippen LogP contribution in [0.25, 0.3) is 11.4 Å². The van der Waals surface area contributed by atoms with Gasteiger partial charge < -0.3 is 5.32 Å². The van der Waals surface area contributed by atoms with E-state index in [1.54, 1.807) is 27.9 Å². The Morgan fingerprint density at radius 1 is 1.07 bits per heavy atom. The van der Waals surface area contributed by atoms with E-state index in [9.17, 15) is 4.79 Å². The first-order valence-electron chi connectivity index (χ1n) is 9.93. The second kappa shape index (κ2) is 12.7. The van der Waals surface area contributed by atoms with Gasteiger partial charge in [-0.1, -0.05) is 78.5 Å². The first kappa shape index (κ1) is 22.7. The molecule has 1 amide bonds. The van der Waals surface area contributed by atoms with E-state index in [4.69, 9.17) is 0 Å². The number of carbonyl (C=O) groups excluding carboxylic acids is 1. The van der Waals surface area contributed by atoms with Crippen molar-refractivity contribution < 1.29 is 4.79 Å². The lowest BCUT2D eigenvalue weighted by molar-refractivity contribution is -0.118. The largest absolute Gasteiger partial charge is 0.355 e. The average Bonchev–Trinajstić information content (AvgIpc) is 3.43. The van der Waals surface area contributed by atoms with Gasteiger partial charge in [-0.25, -0.2) is 0 Å². The summed E-state index contributed by atoms with van der Waals surface area (Å²) in [7, 11) is 0. The minimum absolute atomic E-state index is 0.0454. The molecular formula is C19H25N7OS3. The number of thioether (sulfide) groups is 2. The molecule has 11 heteroatoms. The molecule has 30 heavy (non-hydrogen) atoms. The molecule has 0 atom stereocenters. The number of carbonyl (C=O) groups is 1. The van der Waals surface area contributed by atoms with E-state index in [1.165, 1.54) is 11.8 Å². The Kier molecular flexibility index (Phi) is 9.58. The van der Waals surface area contributed by atoms with E-state index in [1.807, 2.05) is 37.3 Å². The first-order valence-corrected chi connectivity index (χ1v) is 12.7. The third-order valence-corrected chi connectivity index (χ3v) is 7.28. The number of benzene rings is 1. The molecular weight excluding hydrogens is 438 g/mol. The molecule has 0 spiro atoms. The Labute approximate surface area is 188 Å². The molecule has 1 N–H and O–H groups in total. The van der Waals surface area contributed by atoms with Gasteiger partial charge in [-0.3, -0.25) is 4.79 Å². The summed E-state index contributed by atoms with van der Waals surface area (Å²) in [6.07, 6.45) is 4.13. The molecule has 160 valence electrons. The number of rotatable bonds is 13. The topological polar surface area (TPSA) is 98.5 Å². The number of nitrogens with zero attached hydrogens (tertiary/aromatic N) is 6. The van der Waals surface area contributed by atoms with Crippen LogP contribution in [-0.2, 0) is 11.3 Å². The van der Waals surface area contributed by atoms with Crippen molar-refractivity contribution in [1.82, 2.24) is 35.7 Å². The van der Waals surface area contributed by atoms with Crippen LogP contribution in [0.5, 0.6) is 0 Å². The average molecular weight is 464 g/mol. The predicted octanol–water partition coefficient (Wildman–Crippen LogP) is 3.77. The van der Waals surface area contributed by atoms with E-state index in [-0.39, 0.29) is 5.91 Å². The van der Waals surface area contributed by atoms with E-state index >= 15 is 0 Å². The van der Waals surface area contributed by atoms with Gasteiger partial charge in [0.15, 0.2) is 8.68 Å². The van der Waals surface area contributed by atoms with E-state index in [0.29, 0.717) is 11.6 Å². The summed E-state index contributed by atoms with van der Waals surface area (Å²) < 4.78 is 1.80. The minimum Gasteiger partial charge on any atom is -0.355 e. The Bertz CT molecular complexity index is 900. The number of unbranched alkanes of at least 4 members (excludes halogenated alkanes) is 2. The van der Waals surface area contributed by atoms with Crippen LogP contribution in [0, 0.1) is 0 Å². The second-order valence-electron chi connectivity index (χ2n) is 6.46. The lowest BCUT2D eigenvalue weighted by Gasteiger charge is -2.00. The number of nitrogens with one attached hydrogen (secondary N) is 1. The lowest BCUT2D eigenvalue weighted by Crippen LogP contribution is -2.25. The summed E-state index contributed by atoms with van der Waals surface area (Å²) >= 11 is 4.71. The fraction of sp³-hybridized carbons (Fsp3) is 0.474. The fourth-order valence-corrected chi connectivity index (χ4v) is 5.41. The van der Waals surface area contributed by atoms with Crippen molar-refractivity contribution in [3.8, 4) is 11.4 Å². The van der Waals surface area contributed by atoms with Crippen LogP contribution >= 0.6 is 34.9 Å². The Morgan fingerprint density at radius 2 is 1.87 bits per heavy atom. The van der Waals surface area contributed by atoms with Crippen molar-refractivity contribution in [3.63, 3.8) is 0 Å². The van der Waals surface area contributed by atoms with E-state index in [2.05, 4.69) is 30.9 Å². The highest BCUT2D eigenvalue weighted by atomic mass is 32.2. The van der Waals surface area contributed by atoms with Gasteiger partial charge >= 0.3 is 0 Å². The standard InChI is InChI=1S/C19H25N7OS3/c1-2-11-20-16(27)14-29-19-23-22-18(30-19)28-13-8-4-7-12-26-24-17(21-25-26)15-9-5-3-6-10-15/h3,5-6,9-10H,2,4,7-8,11-14H2,1H3,(H,20,27). The van der Waals surface area contributed by atoms with Crippen LogP contribution in [0.15, 0.2) is 39.0 Å². The van der Waals surface area contributed by atoms with Crippen LogP contribution in [0.1, 0.15) is 32.6 Å². The highest BCUT2D eigenvalue weighted by Crippen LogP contribution is 2.29. The molecule has 8 nitrogen and oxygen atoms in total. The third-order valence-electron chi connectivity index (χ3n) is 4.00.